The Morgan fingerprint density at radius 3 is 2.15 bits per heavy atom. The van der Waals surface area contributed by atoms with E-state index in [-0.39, 0.29) is 30.7 Å². The molecule has 3 amide bonds. The van der Waals surface area contributed by atoms with E-state index in [9.17, 15) is 14.4 Å². The summed E-state index contributed by atoms with van der Waals surface area (Å²) in [7, 11) is 1.57. The molecule has 0 bridgehead atoms. The summed E-state index contributed by atoms with van der Waals surface area (Å²) in [5.41, 5.74) is 3.77. The quantitative estimate of drug-likeness (QED) is 0.483. The van der Waals surface area contributed by atoms with E-state index >= 15 is 0 Å². The Balaban J connectivity index is 1.69. The fraction of sp³-hybridized carbons (Fsp3) is 0.222. The number of nitrogens with one attached hydrogen (secondary N) is 2. The van der Waals surface area contributed by atoms with Gasteiger partial charge < -0.3 is 15.5 Å². The van der Waals surface area contributed by atoms with Crippen molar-refractivity contribution in [2.45, 2.75) is 26.3 Å². The molecular weight excluding hydrogens is 450 g/mol. The van der Waals surface area contributed by atoms with Gasteiger partial charge in [0.2, 0.25) is 11.8 Å². The number of halogens is 1. The number of para-hydroxylation sites is 1. The average Bonchev–Trinajstić information content (AvgIpc) is 2.81. The second kappa shape index (κ2) is 11.5. The number of anilines is 1. The SMILES string of the molecule is Cc1cccc(C)c1NC(=O)CN(C)C(=O)CC(NC(=O)c1ccccc1Cl)c1ccccc1. The summed E-state index contributed by atoms with van der Waals surface area (Å²) in [6, 6.07) is 21.2. The molecule has 0 saturated carbocycles. The van der Waals surface area contributed by atoms with Gasteiger partial charge in [-0.15, -0.1) is 0 Å². The summed E-state index contributed by atoms with van der Waals surface area (Å²) in [5.74, 6) is -0.933. The Bertz CT molecular complexity index is 1160. The zero-order valence-corrected chi connectivity index (χ0v) is 20.2. The van der Waals surface area contributed by atoms with Crippen molar-refractivity contribution in [3.63, 3.8) is 0 Å². The van der Waals surface area contributed by atoms with E-state index in [2.05, 4.69) is 10.6 Å². The Kier molecular flexibility index (Phi) is 8.44. The normalized spacial score (nSPS) is 11.4. The van der Waals surface area contributed by atoms with E-state index in [1.807, 2.05) is 62.4 Å². The molecule has 34 heavy (non-hydrogen) atoms. The molecule has 0 aromatic heterocycles. The number of likely N-dealkylation sites (N-methyl/N-ethyl adjacent to an activating group) is 1. The first-order valence-corrected chi connectivity index (χ1v) is 11.3. The number of benzene rings is 3. The molecule has 3 rings (SSSR count). The average molecular weight is 478 g/mol. The van der Waals surface area contributed by atoms with Gasteiger partial charge >= 0.3 is 0 Å². The van der Waals surface area contributed by atoms with Crippen LogP contribution >= 0.6 is 11.6 Å². The van der Waals surface area contributed by atoms with Gasteiger partial charge in [0.1, 0.15) is 0 Å². The highest BCUT2D eigenvalue weighted by molar-refractivity contribution is 6.33. The van der Waals surface area contributed by atoms with Gasteiger partial charge in [0.05, 0.1) is 29.6 Å². The van der Waals surface area contributed by atoms with Crippen molar-refractivity contribution in [2.24, 2.45) is 0 Å². The standard InChI is InChI=1S/C27H28ClN3O3/c1-18-10-9-11-19(2)26(18)30-24(32)17-31(3)25(33)16-23(20-12-5-4-6-13-20)29-27(34)21-14-7-8-15-22(21)28/h4-15,23H,16-17H2,1-3H3,(H,29,34)(H,30,32). The van der Waals surface area contributed by atoms with Crippen LogP contribution in [0.3, 0.4) is 0 Å². The van der Waals surface area contributed by atoms with Gasteiger partial charge in [-0.1, -0.05) is 72.3 Å². The first-order valence-electron chi connectivity index (χ1n) is 11.0. The Morgan fingerprint density at radius 2 is 1.50 bits per heavy atom. The number of nitrogens with zero attached hydrogens (tertiary/aromatic N) is 1. The summed E-state index contributed by atoms with van der Waals surface area (Å²) in [6.45, 7) is 3.74. The summed E-state index contributed by atoms with van der Waals surface area (Å²) in [6.07, 6.45) is -0.00657. The molecule has 0 spiro atoms. The second-order valence-corrected chi connectivity index (χ2v) is 8.59. The molecule has 1 unspecified atom stereocenters. The van der Waals surface area contributed by atoms with Crippen LogP contribution in [0.15, 0.2) is 72.8 Å². The number of carbonyl (C=O) groups is 3. The summed E-state index contributed by atoms with van der Waals surface area (Å²) in [5, 5.41) is 6.14. The Labute approximate surface area is 204 Å². The van der Waals surface area contributed by atoms with Crippen molar-refractivity contribution in [3.8, 4) is 0 Å². The Hall–Kier alpha value is -3.64. The van der Waals surface area contributed by atoms with Gasteiger partial charge in [-0.3, -0.25) is 14.4 Å². The van der Waals surface area contributed by atoms with Crippen LogP contribution in [0.4, 0.5) is 5.69 Å². The van der Waals surface area contributed by atoms with Crippen LogP contribution in [0, 0.1) is 13.8 Å². The molecule has 176 valence electrons. The lowest BCUT2D eigenvalue weighted by Crippen LogP contribution is -2.38. The number of aryl methyl sites for hydroxylation is 2. The highest BCUT2D eigenvalue weighted by Gasteiger charge is 2.23. The Morgan fingerprint density at radius 1 is 0.882 bits per heavy atom. The molecule has 2 N–H and O–H groups in total. The smallest absolute Gasteiger partial charge is 0.253 e. The zero-order chi connectivity index (χ0) is 24.7. The van der Waals surface area contributed by atoms with Gasteiger partial charge in [0, 0.05) is 12.7 Å². The predicted octanol–water partition coefficient (Wildman–Crippen LogP) is 4.92. The van der Waals surface area contributed by atoms with Crippen molar-refractivity contribution in [2.75, 3.05) is 18.9 Å². The van der Waals surface area contributed by atoms with Gasteiger partial charge in [0.25, 0.3) is 5.91 Å². The van der Waals surface area contributed by atoms with Gasteiger partial charge in [0.15, 0.2) is 0 Å². The van der Waals surface area contributed by atoms with Crippen LogP contribution in [-0.2, 0) is 9.59 Å². The van der Waals surface area contributed by atoms with Crippen LogP contribution < -0.4 is 10.6 Å². The van der Waals surface area contributed by atoms with Crippen LogP contribution in [0.2, 0.25) is 5.02 Å². The molecule has 3 aromatic rings. The predicted molar refractivity (Wildman–Crippen MR) is 135 cm³/mol. The molecule has 0 saturated heterocycles. The molecule has 0 aliphatic rings. The lowest BCUT2D eigenvalue weighted by atomic mass is 10.0. The van der Waals surface area contributed by atoms with Crippen LogP contribution in [0.5, 0.6) is 0 Å². The van der Waals surface area contributed by atoms with E-state index in [1.54, 1.807) is 31.3 Å². The van der Waals surface area contributed by atoms with Gasteiger partial charge in [-0.2, -0.15) is 0 Å². The first-order chi connectivity index (χ1) is 16.3. The molecule has 0 aliphatic carbocycles. The maximum atomic E-state index is 13.0. The number of hydrogen-bond acceptors (Lipinski definition) is 3. The maximum absolute atomic E-state index is 13.0. The minimum absolute atomic E-state index is 0.00657. The lowest BCUT2D eigenvalue weighted by molar-refractivity contribution is -0.133. The molecule has 1 atom stereocenters. The van der Waals surface area contributed by atoms with E-state index in [1.165, 1.54) is 4.90 Å². The second-order valence-electron chi connectivity index (χ2n) is 8.19. The number of amides is 3. The zero-order valence-electron chi connectivity index (χ0n) is 19.5. The fourth-order valence-corrected chi connectivity index (χ4v) is 3.87. The van der Waals surface area contributed by atoms with Crippen molar-refractivity contribution < 1.29 is 14.4 Å². The first kappa shape index (κ1) is 25.0. The van der Waals surface area contributed by atoms with Crippen LogP contribution in [0.1, 0.15) is 39.5 Å². The molecule has 0 fully saturated rings. The summed E-state index contributed by atoms with van der Waals surface area (Å²) < 4.78 is 0. The molecule has 3 aromatic carbocycles. The van der Waals surface area contributed by atoms with E-state index in [0.29, 0.717) is 10.6 Å². The van der Waals surface area contributed by atoms with Crippen molar-refractivity contribution in [1.82, 2.24) is 10.2 Å². The van der Waals surface area contributed by atoms with Crippen LogP contribution in [0.25, 0.3) is 0 Å². The highest BCUT2D eigenvalue weighted by atomic mass is 35.5. The molecule has 6 nitrogen and oxygen atoms in total. The number of rotatable bonds is 8. The fourth-order valence-electron chi connectivity index (χ4n) is 3.64. The maximum Gasteiger partial charge on any atom is 0.253 e. The molecule has 0 aliphatic heterocycles. The van der Waals surface area contributed by atoms with E-state index in [0.717, 1.165) is 22.4 Å². The molecule has 0 radical (unpaired) electrons. The van der Waals surface area contributed by atoms with Crippen molar-refractivity contribution in [3.05, 3.63) is 100 Å². The third kappa shape index (κ3) is 6.45. The molecule has 7 heteroatoms. The molecule has 0 heterocycles. The minimum Gasteiger partial charge on any atom is -0.345 e. The van der Waals surface area contributed by atoms with Crippen molar-refractivity contribution >= 4 is 35.0 Å². The third-order valence-corrected chi connectivity index (χ3v) is 5.89. The van der Waals surface area contributed by atoms with E-state index < -0.39 is 6.04 Å². The third-order valence-electron chi connectivity index (χ3n) is 5.56. The monoisotopic (exact) mass is 477 g/mol. The number of hydrogen-bond donors (Lipinski definition) is 2. The van der Waals surface area contributed by atoms with Gasteiger partial charge in [-0.05, 0) is 42.7 Å². The lowest BCUT2D eigenvalue weighted by Gasteiger charge is -2.23. The van der Waals surface area contributed by atoms with E-state index in [4.69, 9.17) is 11.6 Å². The van der Waals surface area contributed by atoms with Crippen LogP contribution in [-0.4, -0.2) is 36.2 Å². The largest absolute Gasteiger partial charge is 0.345 e. The summed E-state index contributed by atoms with van der Waals surface area (Å²) >= 11 is 6.17. The molecular formula is C27H28ClN3O3. The minimum atomic E-state index is -0.582. The van der Waals surface area contributed by atoms with Gasteiger partial charge in [-0.25, -0.2) is 0 Å². The topological polar surface area (TPSA) is 78.5 Å². The number of carbonyl (C=O) groups excluding carboxylic acids is 3. The summed E-state index contributed by atoms with van der Waals surface area (Å²) in [4.78, 5) is 39.8. The highest BCUT2D eigenvalue weighted by Crippen LogP contribution is 2.22. The van der Waals surface area contributed by atoms with Crippen molar-refractivity contribution in [1.29, 1.82) is 0 Å².